The van der Waals surface area contributed by atoms with Crippen LogP contribution in [0.2, 0.25) is 5.02 Å². The lowest BCUT2D eigenvalue weighted by molar-refractivity contribution is 0.0695. The van der Waals surface area contributed by atoms with Crippen LogP contribution in [0.15, 0.2) is 60.9 Å². The van der Waals surface area contributed by atoms with E-state index in [-0.39, 0.29) is 17.1 Å². The summed E-state index contributed by atoms with van der Waals surface area (Å²) in [7, 11) is 0. The fraction of sp³-hybridized carbons (Fsp3) is 0.231. The Morgan fingerprint density at radius 1 is 1.06 bits per heavy atom. The van der Waals surface area contributed by atoms with Crippen LogP contribution in [0.1, 0.15) is 50.6 Å². The lowest BCUT2D eigenvalue weighted by Crippen LogP contribution is -2.38. The molecule has 1 amide bonds. The normalized spacial score (nSPS) is 14.3. The average Bonchev–Trinajstić information content (AvgIpc) is 3.32. The number of carbonyl (C=O) groups excluding carboxylic acids is 1. The van der Waals surface area contributed by atoms with E-state index in [0.717, 1.165) is 18.4 Å². The third kappa shape index (κ3) is 4.44. The van der Waals surface area contributed by atoms with Gasteiger partial charge in [-0.15, -0.1) is 0 Å². The van der Waals surface area contributed by atoms with Crippen molar-refractivity contribution in [1.82, 2.24) is 19.5 Å². The van der Waals surface area contributed by atoms with Gasteiger partial charge in [-0.25, -0.2) is 9.78 Å². The largest absolute Gasteiger partial charge is 0.477 e. The number of aryl methyl sites for hydroxylation is 1. The van der Waals surface area contributed by atoms with E-state index >= 15 is 0 Å². The predicted molar refractivity (Wildman–Crippen MR) is 134 cm³/mol. The molecule has 1 aliphatic rings. The smallest absolute Gasteiger partial charge is 0.341 e. The summed E-state index contributed by atoms with van der Waals surface area (Å²) in [5, 5.41) is 17.4. The third-order valence-corrected chi connectivity index (χ3v) is 6.75. The van der Waals surface area contributed by atoms with E-state index in [1.54, 1.807) is 6.07 Å². The first kappa shape index (κ1) is 22.9. The summed E-state index contributed by atoms with van der Waals surface area (Å²) in [4.78, 5) is 31.4. The van der Waals surface area contributed by atoms with Gasteiger partial charge >= 0.3 is 5.97 Å². The van der Waals surface area contributed by atoms with Crippen molar-refractivity contribution in [3.8, 4) is 0 Å². The van der Waals surface area contributed by atoms with Crippen LogP contribution in [0.4, 0.5) is 11.5 Å². The molecule has 2 aromatic heterocycles. The molecular formula is C26H24ClN5O3. The summed E-state index contributed by atoms with van der Waals surface area (Å²) in [5.74, 6) is -0.599. The lowest BCUT2D eigenvalue weighted by Gasteiger charge is -2.32. The molecular weight excluding hydrogens is 466 g/mol. The maximum absolute atomic E-state index is 13.6. The van der Waals surface area contributed by atoms with Crippen LogP contribution < -0.4 is 5.32 Å². The molecule has 0 spiro atoms. The summed E-state index contributed by atoms with van der Waals surface area (Å²) in [6, 6.07) is 15.8. The molecule has 2 N–H and O–H groups in total. The molecule has 5 rings (SSSR count). The number of aromatic carboxylic acids is 1. The van der Waals surface area contributed by atoms with Crippen molar-refractivity contribution in [2.75, 3.05) is 18.4 Å². The molecule has 0 atom stereocenters. The molecule has 8 nitrogen and oxygen atoms in total. The number of aromatic nitrogens is 3. The topological polar surface area (TPSA) is 99.8 Å². The van der Waals surface area contributed by atoms with Crippen LogP contribution in [0.25, 0.3) is 5.65 Å². The van der Waals surface area contributed by atoms with E-state index in [2.05, 4.69) is 27.5 Å². The first-order valence-electron chi connectivity index (χ1n) is 11.4. The van der Waals surface area contributed by atoms with Gasteiger partial charge < -0.3 is 15.3 Å². The monoisotopic (exact) mass is 489 g/mol. The number of anilines is 2. The SMILES string of the molecule is Cc1ccc(Cl)c(Nc2c(C(=O)N3CCC(c4ccccc4)CC3)cnc3c(C(=O)O)cnn23)c1. The van der Waals surface area contributed by atoms with Gasteiger partial charge in [0.25, 0.3) is 5.91 Å². The zero-order valence-electron chi connectivity index (χ0n) is 19.1. The van der Waals surface area contributed by atoms with Gasteiger partial charge in [0.1, 0.15) is 16.9 Å². The number of fused-ring (bicyclic) bond motifs is 1. The van der Waals surface area contributed by atoms with Crippen molar-refractivity contribution < 1.29 is 14.7 Å². The van der Waals surface area contributed by atoms with Crippen LogP contribution in [0.3, 0.4) is 0 Å². The highest BCUT2D eigenvalue weighted by molar-refractivity contribution is 6.33. The summed E-state index contributed by atoms with van der Waals surface area (Å²) in [6.07, 6.45) is 4.38. The molecule has 2 aromatic carbocycles. The molecule has 3 heterocycles. The van der Waals surface area contributed by atoms with Crippen molar-refractivity contribution in [3.63, 3.8) is 0 Å². The minimum absolute atomic E-state index is 0.0499. The highest BCUT2D eigenvalue weighted by Gasteiger charge is 2.28. The molecule has 0 aliphatic carbocycles. The highest BCUT2D eigenvalue weighted by Crippen LogP contribution is 2.32. The number of hydrogen-bond donors (Lipinski definition) is 2. The van der Waals surface area contributed by atoms with E-state index in [4.69, 9.17) is 11.6 Å². The number of nitrogens with one attached hydrogen (secondary N) is 1. The number of halogens is 1. The molecule has 4 aromatic rings. The Kier molecular flexibility index (Phi) is 6.13. The molecule has 1 saturated heterocycles. The number of amides is 1. The number of nitrogens with zero attached hydrogens (tertiary/aromatic N) is 4. The van der Waals surface area contributed by atoms with Crippen LogP contribution >= 0.6 is 11.6 Å². The maximum Gasteiger partial charge on any atom is 0.341 e. The third-order valence-electron chi connectivity index (χ3n) is 6.42. The fourth-order valence-electron chi connectivity index (χ4n) is 4.53. The Bertz CT molecular complexity index is 1410. The van der Waals surface area contributed by atoms with Crippen LogP contribution in [0.5, 0.6) is 0 Å². The Balaban J connectivity index is 1.49. The molecule has 1 aliphatic heterocycles. The van der Waals surface area contributed by atoms with Gasteiger partial charge in [0.2, 0.25) is 0 Å². The number of carboxylic acid groups (broad SMARTS) is 1. The van der Waals surface area contributed by atoms with E-state index in [9.17, 15) is 14.7 Å². The Labute approximate surface area is 207 Å². The quantitative estimate of drug-likeness (QED) is 0.402. The van der Waals surface area contributed by atoms with Gasteiger partial charge in [0.05, 0.1) is 16.9 Å². The summed E-state index contributed by atoms with van der Waals surface area (Å²) in [5.41, 5.74) is 3.24. The Morgan fingerprint density at radius 2 is 1.80 bits per heavy atom. The van der Waals surface area contributed by atoms with Gasteiger partial charge in [-0.1, -0.05) is 48.0 Å². The van der Waals surface area contributed by atoms with Gasteiger partial charge in [-0.2, -0.15) is 9.61 Å². The molecule has 35 heavy (non-hydrogen) atoms. The molecule has 1 fully saturated rings. The highest BCUT2D eigenvalue weighted by atomic mass is 35.5. The number of benzene rings is 2. The number of carbonyl (C=O) groups is 2. The molecule has 0 radical (unpaired) electrons. The van der Waals surface area contributed by atoms with Crippen molar-refractivity contribution >= 4 is 40.6 Å². The standard InChI is InChI=1S/C26H24ClN5O3/c1-16-7-8-21(27)22(13-16)30-24-19(14-28-23-20(26(34)35)15-29-32(23)24)25(33)31-11-9-18(10-12-31)17-5-3-2-4-6-17/h2-8,13-15,18,30H,9-12H2,1H3,(H,34,35). The zero-order valence-corrected chi connectivity index (χ0v) is 19.9. The second-order valence-corrected chi connectivity index (χ2v) is 9.11. The Hall–Kier alpha value is -3.91. The zero-order chi connectivity index (χ0) is 24.5. The Morgan fingerprint density at radius 3 is 2.51 bits per heavy atom. The van der Waals surface area contributed by atoms with Crippen molar-refractivity contribution in [2.24, 2.45) is 0 Å². The summed E-state index contributed by atoms with van der Waals surface area (Å²) >= 11 is 6.41. The number of hydrogen-bond acceptors (Lipinski definition) is 5. The molecule has 9 heteroatoms. The molecule has 0 bridgehead atoms. The van der Waals surface area contributed by atoms with Gasteiger partial charge in [-0.3, -0.25) is 4.79 Å². The first-order valence-corrected chi connectivity index (χ1v) is 11.8. The minimum Gasteiger partial charge on any atom is -0.477 e. The van der Waals surface area contributed by atoms with E-state index in [1.807, 2.05) is 42.2 Å². The minimum atomic E-state index is -1.14. The number of piperidine rings is 1. The summed E-state index contributed by atoms with van der Waals surface area (Å²) < 4.78 is 1.35. The second kappa shape index (κ2) is 9.38. The van der Waals surface area contributed by atoms with E-state index in [0.29, 0.717) is 41.1 Å². The average molecular weight is 490 g/mol. The van der Waals surface area contributed by atoms with Crippen molar-refractivity contribution in [1.29, 1.82) is 0 Å². The van der Waals surface area contributed by atoms with Crippen LogP contribution in [-0.4, -0.2) is 49.6 Å². The molecule has 178 valence electrons. The fourth-order valence-corrected chi connectivity index (χ4v) is 4.70. The second-order valence-electron chi connectivity index (χ2n) is 8.70. The van der Waals surface area contributed by atoms with Crippen molar-refractivity contribution in [3.05, 3.63) is 88.2 Å². The first-order chi connectivity index (χ1) is 16.9. The van der Waals surface area contributed by atoms with E-state index < -0.39 is 5.97 Å². The number of rotatable bonds is 5. The van der Waals surface area contributed by atoms with Crippen LogP contribution in [0, 0.1) is 6.92 Å². The van der Waals surface area contributed by atoms with Crippen molar-refractivity contribution in [2.45, 2.75) is 25.7 Å². The van der Waals surface area contributed by atoms with Gasteiger partial charge in [0.15, 0.2) is 5.65 Å². The van der Waals surface area contributed by atoms with E-state index in [1.165, 1.54) is 22.5 Å². The van der Waals surface area contributed by atoms with Crippen LogP contribution in [-0.2, 0) is 0 Å². The van der Waals surface area contributed by atoms with Gasteiger partial charge in [-0.05, 0) is 48.9 Å². The number of carboxylic acids is 1. The predicted octanol–water partition coefficient (Wildman–Crippen LogP) is 5.15. The number of likely N-dealkylation sites (tertiary alicyclic amines) is 1. The summed E-state index contributed by atoms with van der Waals surface area (Å²) in [6.45, 7) is 3.16. The van der Waals surface area contributed by atoms with Gasteiger partial charge in [0, 0.05) is 19.3 Å². The lowest BCUT2D eigenvalue weighted by atomic mass is 9.89. The molecule has 0 saturated carbocycles. The molecule has 0 unspecified atom stereocenters. The maximum atomic E-state index is 13.6.